The maximum Gasteiger partial charge on any atom is 0.0519 e. The van der Waals surface area contributed by atoms with E-state index in [2.05, 4.69) is 72.9 Å². The van der Waals surface area contributed by atoms with Crippen molar-refractivity contribution in [3.8, 4) is 0 Å². The van der Waals surface area contributed by atoms with Crippen molar-refractivity contribution in [1.29, 1.82) is 0 Å². The minimum absolute atomic E-state index is 0.474. The fourth-order valence-electron chi connectivity index (χ4n) is 2.51. The van der Waals surface area contributed by atoms with Crippen molar-refractivity contribution in [2.24, 2.45) is 0 Å². The van der Waals surface area contributed by atoms with Crippen LogP contribution in [0.25, 0.3) is 0 Å². The molecule has 1 aromatic carbocycles. The molecule has 114 valence electrons. The van der Waals surface area contributed by atoms with Crippen molar-refractivity contribution >= 4 is 17.0 Å². The Balaban J connectivity index is 2.00. The molecule has 0 amide bonds. The van der Waals surface area contributed by atoms with Crippen molar-refractivity contribution < 1.29 is 0 Å². The van der Waals surface area contributed by atoms with E-state index in [9.17, 15) is 0 Å². The third-order valence-corrected chi connectivity index (χ3v) is 4.62. The summed E-state index contributed by atoms with van der Waals surface area (Å²) in [6, 6.07) is 13.8. The predicted octanol–water partition coefficient (Wildman–Crippen LogP) is 4.84. The molecule has 1 N–H and O–H groups in total. The van der Waals surface area contributed by atoms with Gasteiger partial charge in [-0.05, 0) is 48.5 Å². The van der Waals surface area contributed by atoms with E-state index in [1.165, 1.54) is 22.5 Å². The molecule has 1 heterocycles. The molecular weight excluding hydrogens is 276 g/mol. The van der Waals surface area contributed by atoms with Crippen molar-refractivity contribution in [3.05, 3.63) is 52.2 Å². The third-order valence-electron chi connectivity index (χ3n) is 3.76. The third kappa shape index (κ3) is 4.58. The Bertz CT molecular complexity index is 505. The Kier molecular flexibility index (Phi) is 6.27. The molecule has 0 spiro atoms. The van der Waals surface area contributed by atoms with Gasteiger partial charge in [0.05, 0.1) is 6.54 Å². The molecule has 0 fully saturated rings. The lowest BCUT2D eigenvalue weighted by atomic mass is 10.0. The van der Waals surface area contributed by atoms with Crippen molar-refractivity contribution in [2.75, 3.05) is 18.5 Å². The molecule has 1 atom stereocenters. The molecule has 0 aliphatic heterocycles. The molecule has 3 heteroatoms. The van der Waals surface area contributed by atoms with E-state index in [-0.39, 0.29) is 0 Å². The highest BCUT2D eigenvalue weighted by atomic mass is 32.1. The number of rotatable bonds is 8. The minimum Gasteiger partial charge on any atom is -0.369 e. The smallest absolute Gasteiger partial charge is 0.0519 e. The number of hydrogen-bond acceptors (Lipinski definition) is 3. The first-order valence-electron chi connectivity index (χ1n) is 7.81. The first-order valence-corrected chi connectivity index (χ1v) is 8.69. The topological polar surface area (TPSA) is 15.3 Å². The molecule has 0 saturated carbocycles. The lowest BCUT2D eigenvalue weighted by molar-refractivity contribution is 0.518. The molecule has 0 aliphatic rings. The summed E-state index contributed by atoms with van der Waals surface area (Å²) < 4.78 is 0. The molecule has 1 unspecified atom stereocenters. The number of nitrogens with one attached hydrogen (secondary N) is 1. The van der Waals surface area contributed by atoms with E-state index in [0.29, 0.717) is 6.04 Å². The van der Waals surface area contributed by atoms with Crippen LogP contribution < -0.4 is 10.2 Å². The summed E-state index contributed by atoms with van der Waals surface area (Å²) in [4.78, 5) is 3.70. The van der Waals surface area contributed by atoms with Crippen LogP contribution in [-0.4, -0.2) is 13.6 Å². The zero-order valence-electron chi connectivity index (χ0n) is 13.3. The van der Waals surface area contributed by atoms with E-state index in [1.807, 2.05) is 11.3 Å². The summed E-state index contributed by atoms with van der Waals surface area (Å²) in [7, 11) is 2.15. The molecule has 2 nitrogen and oxygen atoms in total. The Hall–Kier alpha value is -1.32. The first-order chi connectivity index (χ1) is 10.2. The van der Waals surface area contributed by atoms with Gasteiger partial charge in [-0.2, -0.15) is 0 Å². The Morgan fingerprint density at radius 1 is 1.14 bits per heavy atom. The summed E-state index contributed by atoms with van der Waals surface area (Å²) in [5.41, 5.74) is 2.66. The molecule has 0 aliphatic carbocycles. The van der Waals surface area contributed by atoms with Gasteiger partial charge in [-0.15, -0.1) is 11.3 Å². The van der Waals surface area contributed by atoms with Crippen LogP contribution in [0.1, 0.15) is 43.2 Å². The molecule has 2 aromatic rings. The van der Waals surface area contributed by atoms with Gasteiger partial charge < -0.3 is 10.2 Å². The molecular formula is C18H26N2S. The van der Waals surface area contributed by atoms with Gasteiger partial charge in [0.1, 0.15) is 0 Å². The fraction of sp³-hybridized carbons (Fsp3) is 0.444. The van der Waals surface area contributed by atoms with Gasteiger partial charge >= 0.3 is 0 Å². The summed E-state index contributed by atoms with van der Waals surface area (Å²) in [6.07, 6.45) is 2.31. The van der Waals surface area contributed by atoms with Crippen LogP contribution >= 0.6 is 11.3 Å². The first kappa shape index (κ1) is 16.1. The number of hydrogen-bond donors (Lipinski definition) is 1. The quantitative estimate of drug-likeness (QED) is 0.751. The summed E-state index contributed by atoms with van der Waals surface area (Å²) >= 11 is 1.82. The maximum atomic E-state index is 3.61. The van der Waals surface area contributed by atoms with Crippen LogP contribution in [0.5, 0.6) is 0 Å². The lowest BCUT2D eigenvalue weighted by Gasteiger charge is -2.21. The molecule has 0 radical (unpaired) electrons. The molecule has 0 bridgehead atoms. The average Bonchev–Trinajstić information content (AvgIpc) is 3.01. The van der Waals surface area contributed by atoms with Gasteiger partial charge in [0, 0.05) is 23.7 Å². The molecule has 21 heavy (non-hydrogen) atoms. The number of nitrogens with zero attached hydrogens (tertiary/aromatic N) is 1. The highest BCUT2D eigenvalue weighted by Crippen LogP contribution is 2.22. The molecule has 0 saturated heterocycles. The second kappa shape index (κ2) is 8.20. The van der Waals surface area contributed by atoms with Crippen molar-refractivity contribution in [3.63, 3.8) is 0 Å². The van der Waals surface area contributed by atoms with Gasteiger partial charge in [0.25, 0.3) is 0 Å². The Labute approximate surface area is 132 Å². The van der Waals surface area contributed by atoms with Crippen LogP contribution in [0, 0.1) is 0 Å². The van der Waals surface area contributed by atoms with Gasteiger partial charge in [0.15, 0.2) is 0 Å². The van der Waals surface area contributed by atoms with Crippen LogP contribution in [0.15, 0.2) is 41.8 Å². The van der Waals surface area contributed by atoms with E-state index >= 15 is 0 Å². The van der Waals surface area contributed by atoms with Crippen LogP contribution in [0.4, 0.5) is 5.69 Å². The largest absolute Gasteiger partial charge is 0.369 e. The van der Waals surface area contributed by atoms with Crippen LogP contribution in [0.2, 0.25) is 0 Å². The monoisotopic (exact) mass is 302 g/mol. The van der Waals surface area contributed by atoms with Crippen LogP contribution in [-0.2, 0) is 6.54 Å². The van der Waals surface area contributed by atoms with E-state index in [0.717, 1.165) is 19.5 Å². The Morgan fingerprint density at radius 2 is 1.90 bits per heavy atom. The van der Waals surface area contributed by atoms with Gasteiger partial charge in [0.2, 0.25) is 0 Å². The van der Waals surface area contributed by atoms with Gasteiger partial charge in [-0.1, -0.05) is 32.0 Å². The second-order valence-corrected chi connectivity index (χ2v) is 6.47. The maximum absolute atomic E-state index is 3.61. The standard InChI is InChI=1S/C18H26N2S/c1-4-12-19-18(5-2)15-8-10-16(11-9-15)20(3)14-17-7-6-13-21-17/h6-11,13,18-19H,4-5,12,14H2,1-3H3. The van der Waals surface area contributed by atoms with E-state index in [4.69, 9.17) is 0 Å². The zero-order chi connectivity index (χ0) is 15.1. The normalized spacial score (nSPS) is 12.3. The minimum atomic E-state index is 0.474. The highest BCUT2D eigenvalue weighted by molar-refractivity contribution is 7.09. The lowest BCUT2D eigenvalue weighted by Crippen LogP contribution is -2.21. The number of benzene rings is 1. The second-order valence-electron chi connectivity index (χ2n) is 5.44. The summed E-state index contributed by atoms with van der Waals surface area (Å²) in [5.74, 6) is 0. The highest BCUT2D eigenvalue weighted by Gasteiger charge is 2.09. The molecule has 2 rings (SSSR count). The van der Waals surface area contributed by atoms with E-state index < -0.39 is 0 Å². The summed E-state index contributed by atoms with van der Waals surface area (Å²) in [6.45, 7) is 6.51. The van der Waals surface area contributed by atoms with Crippen molar-refractivity contribution in [1.82, 2.24) is 5.32 Å². The number of anilines is 1. The zero-order valence-corrected chi connectivity index (χ0v) is 14.1. The van der Waals surface area contributed by atoms with Gasteiger partial charge in [-0.25, -0.2) is 0 Å². The fourth-order valence-corrected chi connectivity index (χ4v) is 3.26. The molecule has 1 aromatic heterocycles. The SMILES string of the molecule is CCCNC(CC)c1ccc(N(C)Cc2cccs2)cc1. The number of thiophene rings is 1. The summed E-state index contributed by atoms with van der Waals surface area (Å²) in [5, 5.41) is 5.74. The van der Waals surface area contributed by atoms with Gasteiger partial charge in [-0.3, -0.25) is 0 Å². The average molecular weight is 302 g/mol. The Morgan fingerprint density at radius 3 is 2.48 bits per heavy atom. The van der Waals surface area contributed by atoms with Crippen molar-refractivity contribution in [2.45, 2.75) is 39.3 Å². The predicted molar refractivity (Wildman–Crippen MR) is 94.2 cm³/mol. The van der Waals surface area contributed by atoms with Crippen LogP contribution in [0.3, 0.4) is 0 Å². The van der Waals surface area contributed by atoms with E-state index in [1.54, 1.807) is 0 Å².